The van der Waals surface area contributed by atoms with E-state index < -0.39 is 77.3 Å². The number of rotatable bonds is 54. The van der Waals surface area contributed by atoms with Crippen LogP contribution in [0.15, 0.2) is 29.4 Å². The lowest BCUT2D eigenvalue weighted by Crippen LogP contribution is -2.52. The van der Waals surface area contributed by atoms with Gasteiger partial charge in [-0.05, 0) is 68.7 Å². The highest BCUT2D eigenvalue weighted by Crippen LogP contribution is 2.20. The summed E-state index contributed by atoms with van der Waals surface area (Å²) in [5.74, 6) is -4.78. The maximum atomic E-state index is 13.8. The summed E-state index contributed by atoms with van der Waals surface area (Å²) in [6, 6.07) is 3.46. The lowest BCUT2D eigenvalue weighted by Gasteiger charge is -2.27. The highest BCUT2D eigenvalue weighted by molar-refractivity contribution is 7.98. The summed E-state index contributed by atoms with van der Waals surface area (Å²) in [6.07, 6.45) is 2.46. The van der Waals surface area contributed by atoms with Crippen molar-refractivity contribution in [3.05, 3.63) is 35.4 Å². The standard InChI is InChI=1S/C62H101N9O20S/c1-43(2)35-49(54(74)18-19-56(76)68-51(42-92-7)55(75)36-44(3)60(80)66-38-48(72)11-9-24-85-30-32-88-39-57(77)64-21-27-83-5)69-61(81)52-12-8-23-71(52)59(79)41-87-25-10-13-53(73)50(67-58(78)40-89-33-31-86-26-20-63)37-46-14-16-47(17-15-46)45(4)70-91-28-22-65-62(82)90-34-29-84-6/h14-17,43-44,49-52H,8-13,18-42,63H2,1-7H3,(H,64,77)(H,65,82)(H,66,80)(H,67,78)(H,68,76)(H,69,81)/b70-45+/t44-,49+,50+,51+,52+/m1/s1. The van der Waals surface area contributed by atoms with Crippen molar-refractivity contribution in [2.75, 3.05) is 151 Å². The molecule has 7 amide bonds. The third-order valence-corrected chi connectivity index (χ3v) is 14.5. The van der Waals surface area contributed by atoms with E-state index in [1.165, 1.54) is 30.9 Å². The second kappa shape index (κ2) is 50.0. The number of Topliss-reactive ketones (excluding diaryl/α,β-unsaturated/α-hetero) is 4. The normalized spacial score (nSPS) is 14.3. The maximum absolute atomic E-state index is 13.8. The van der Waals surface area contributed by atoms with Crippen LogP contribution in [-0.2, 0) is 97.1 Å². The van der Waals surface area contributed by atoms with Gasteiger partial charge in [-0.3, -0.25) is 47.9 Å². The smallest absolute Gasteiger partial charge is 0.407 e. The molecule has 0 aromatic heterocycles. The van der Waals surface area contributed by atoms with E-state index in [4.69, 9.17) is 48.5 Å². The molecule has 5 atom stereocenters. The molecule has 1 saturated heterocycles. The first kappa shape index (κ1) is 81.6. The molecule has 0 saturated carbocycles. The number of likely N-dealkylation sites (tertiary alicyclic amines) is 1. The van der Waals surface area contributed by atoms with Crippen molar-refractivity contribution >= 4 is 82.1 Å². The van der Waals surface area contributed by atoms with Gasteiger partial charge in [0.25, 0.3) is 0 Å². The Morgan fingerprint density at radius 2 is 1.27 bits per heavy atom. The Hall–Kier alpha value is -6.51. The zero-order valence-electron chi connectivity index (χ0n) is 54.7. The van der Waals surface area contributed by atoms with Crippen LogP contribution in [-0.4, -0.2) is 251 Å². The lowest BCUT2D eigenvalue weighted by molar-refractivity contribution is -0.142. The minimum absolute atomic E-state index is 0.00207. The first-order chi connectivity index (χ1) is 44.2. The van der Waals surface area contributed by atoms with Crippen molar-refractivity contribution in [3.8, 4) is 0 Å². The number of alkyl carbamates (subject to hydrolysis) is 1. The largest absolute Gasteiger partial charge is 0.447 e. The molecular formula is C62H101N9O20S. The molecule has 0 spiro atoms. The molecule has 30 heteroatoms. The maximum Gasteiger partial charge on any atom is 0.407 e. The molecule has 2 rings (SSSR count). The Kier molecular flexibility index (Phi) is 44.4. The number of ketones is 4. The summed E-state index contributed by atoms with van der Waals surface area (Å²) in [5, 5.41) is 20.2. The Bertz CT molecular complexity index is 2440. The van der Waals surface area contributed by atoms with Crippen LogP contribution in [0.3, 0.4) is 0 Å². The average Bonchev–Trinajstić information content (AvgIpc) is 1.68. The summed E-state index contributed by atoms with van der Waals surface area (Å²) < 4.78 is 41.8. The number of thioether (sulfide) groups is 1. The van der Waals surface area contributed by atoms with Crippen LogP contribution < -0.4 is 37.6 Å². The molecule has 0 bridgehead atoms. The fourth-order valence-electron chi connectivity index (χ4n) is 8.99. The van der Waals surface area contributed by atoms with Gasteiger partial charge in [0.05, 0.1) is 83.2 Å². The second-order valence-corrected chi connectivity index (χ2v) is 23.0. The van der Waals surface area contributed by atoms with E-state index in [1.54, 1.807) is 44.4 Å². The van der Waals surface area contributed by atoms with Crippen LogP contribution in [0.25, 0.3) is 0 Å². The van der Waals surface area contributed by atoms with E-state index in [2.05, 4.69) is 37.1 Å². The molecule has 0 unspecified atom stereocenters. The van der Waals surface area contributed by atoms with E-state index in [0.29, 0.717) is 51.3 Å². The molecule has 0 aliphatic carbocycles. The highest BCUT2D eigenvalue weighted by Gasteiger charge is 2.36. The molecule has 1 aliphatic heterocycles. The number of hydrogen-bond acceptors (Lipinski definition) is 23. The van der Waals surface area contributed by atoms with Gasteiger partial charge in [-0.2, -0.15) is 11.8 Å². The van der Waals surface area contributed by atoms with Crippen molar-refractivity contribution < 1.29 is 95.5 Å². The number of benzene rings is 1. The highest BCUT2D eigenvalue weighted by atomic mass is 32.2. The first-order valence-electron chi connectivity index (χ1n) is 31.3. The van der Waals surface area contributed by atoms with Gasteiger partial charge >= 0.3 is 6.09 Å². The predicted octanol–water partition coefficient (Wildman–Crippen LogP) is 0.760. The molecule has 1 heterocycles. The fraction of sp³-hybridized carbons (Fsp3) is 0.710. The van der Waals surface area contributed by atoms with E-state index in [-0.39, 0.29) is 179 Å². The monoisotopic (exact) mass is 1320 g/mol. The van der Waals surface area contributed by atoms with Gasteiger partial charge in [0, 0.05) is 90.8 Å². The van der Waals surface area contributed by atoms with E-state index >= 15 is 0 Å². The lowest BCUT2D eigenvalue weighted by atomic mass is 9.96. The molecule has 8 N–H and O–H groups in total. The van der Waals surface area contributed by atoms with Crippen LogP contribution >= 0.6 is 11.8 Å². The van der Waals surface area contributed by atoms with Gasteiger partial charge in [-0.15, -0.1) is 0 Å². The van der Waals surface area contributed by atoms with Crippen molar-refractivity contribution in [2.24, 2.45) is 22.7 Å². The number of ether oxygens (including phenoxy) is 8. The number of carbonyl (C=O) groups excluding carboxylic acids is 11. The van der Waals surface area contributed by atoms with Gasteiger partial charge in [0.1, 0.15) is 39.1 Å². The SMILES string of the molecule is COCCNC(=O)COCCOCCCC(=O)CNC(=O)[C@H](C)CC(=O)[C@H](CSC)NC(=O)CCC(=O)[C@H](CC(C)C)NC(=O)[C@@H]1CCCN1C(=O)COCCCC(=O)[C@H](Cc1ccc(/C(C)=N/OCCNC(=O)OCCOC)cc1)NC(=O)COCCOCCN. The second-order valence-electron chi connectivity index (χ2n) is 22.1. The number of amides is 7. The molecule has 1 aromatic carbocycles. The third-order valence-electron chi connectivity index (χ3n) is 13.9. The number of nitrogens with two attached hydrogens (primary N) is 1. The van der Waals surface area contributed by atoms with E-state index in [0.717, 1.165) is 11.1 Å². The molecule has 29 nitrogen and oxygen atoms in total. The number of nitrogens with one attached hydrogen (secondary N) is 6. The van der Waals surface area contributed by atoms with E-state index in [1.807, 2.05) is 13.8 Å². The fourth-order valence-corrected chi connectivity index (χ4v) is 9.59. The first-order valence-corrected chi connectivity index (χ1v) is 32.7. The van der Waals surface area contributed by atoms with Crippen LogP contribution in [0.5, 0.6) is 0 Å². The van der Waals surface area contributed by atoms with Crippen LogP contribution in [0, 0.1) is 11.8 Å². The number of carbonyl (C=O) groups is 11. The Labute approximate surface area is 544 Å². The number of methoxy groups -OCH3 is 2. The van der Waals surface area contributed by atoms with Gasteiger partial charge < -0.3 is 85.3 Å². The summed E-state index contributed by atoms with van der Waals surface area (Å²) in [4.78, 5) is 150. The van der Waals surface area contributed by atoms with Crippen LogP contribution in [0.2, 0.25) is 0 Å². The molecule has 1 aliphatic rings. The van der Waals surface area contributed by atoms with E-state index in [9.17, 15) is 52.7 Å². The Balaban J connectivity index is 1.88. The molecule has 0 radical (unpaired) electrons. The molecule has 520 valence electrons. The van der Waals surface area contributed by atoms with Crippen molar-refractivity contribution in [2.45, 2.75) is 122 Å². The van der Waals surface area contributed by atoms with Crippen molar-refractivity contribution in [1.29, 1.82) is 0 Å². The zero-order chi connectivity index (χ0) is 67.9. The van der Waals surface area contributed by atoms with Gasteiger partial charge in [-0.1, -0.05) is 50.2 Å². The minimum Gasteiger partial charge on any atom is -0.447 e. The number of oxime groups is 1. The van der Waals surface area contributed by atoms with Crippen LogP contribution in [0.4, 0.5) is 4.79 Å². The number of hydrogen-bond donors (Lipinski definition) is 7. The summed E-state index contributed by atoms with van der Waals surface area (Å²) in [6.45, 7) is 9.53. The zero-order valence-corrected chi connectivity index (χ0v) is 55.6. The number of nitrogens with zero attached hydrogens (tertiary/aromatic N) is 2. The van der Waals surface area contributed by atoms with Crippen LogP contribution in [0.1, 0.15) is 103 Å². The van der Waals surface area contributed by atoms with Gasteiger partial charge in [0.15, 0.2) is 23.1 Å². The molecule has 92 heavy (non-hydrogen) atoms. The summed E-state index contributed by atoms with van der Waals surface area (Å²) >= 11 is 1.31. The topological polar surface area (TPSA) is 385 Å². The van der Waals surface area contributed by atoms with Gasteiger partial charge in [0.2, 0.25) is 35.4 Å². The average molecular weight is 1320 g/mol. The van der Waals surface area contributed by atoms with Crippen molar-refractivity contribution in [1.82, 2.24) is 36.8 Å². The predicted molar refractivity (Wildman–Crippen MR) is 340 cm³/mol. The minimum atomic E-state index is -0.966. The Morgan fingerprint density at radius 1 is 0.641 bits per heavy atom. The third kappa shape index (κ3) is 37.3. The summed E-state index contributed by atoms with van der Waals surface area (Å²) in [7, 11) is 3.03. The molecule has 1 aromatic rings. The summed E-state index contributed by atoms with van der Waals surface area (Å²) in [5.41, 5.74) is 7.48. The Morgan fingerprint density at radius 3 is 1.96 bits per heavy atom. The molecular weight excluding hydrogens is 1220 g/mol. The van der Waals surface area contributed by atoms with Gasteiger partial charge in [-0.25, -0.2) is 4.79 Å². The van der Waals surface area contributed by atoms with Crippen molar-refractivity contribution in [3.63, 3.8) is 0 Å². The molecule has 1 fully saturated rings. The quantitative estimate of drug-likeness (QED) is 0.0269.